The summed E-state index contributed by atoms with van der Waals surface area (Å²) in [5.74, 6) is 0.260. The zero-order valence-corrected chi connectivity index (χ0v) is 15.1. The smallest absolute Gasteiger partial charge is 0.222 e. The van der Waals surface area contributed by atoms with Crippen LogP contribution >= 0.6 is 11.3 Å². The van der Waals surface area contributed by atoms with Crippen LogP contribution in [0.25, 0.3) is 10.4 Å². The summed E-state index contributed by atoms with van der Waals surface area (Å²) in [6.07, 6.45) is 6.64. The van der Waals surface area contributed by atoms with E-state index < -0.39 is 0 Å². The number of unbranched alkanes of at least 4 members (excludes halogenated alkanes) is 4. The zero-order valence-electron chi connectivity index (χ0n) is 14.3. The number of benzene rings is 1. The van der Waals surface area contributed by atoms with E-state index in [9.17, 15) is 4.79 Å². The molecule has 1 heterocycles. The number of thiophene rings is 1. The Morgan fingerprint density at radius 2 is 1.74 bits per heavy atom. The Bertz CT molecular complexity index is 591. The topological polar surface area (TPSA) is 20.3 Å². The second kappa shape index (κ2) is 9.51. The van der Waals surface area contributed by atoms with Crippen LogP contribution in [-0.4, -0.2) is 17.9 Å². The zero-order chi connectivity index (χ0) is 16.5. The molecule has 0 bridgehead atoms. The molecule has 0 N–H and O–H groups in total. The van der Waals surface area contributed by atoms with Gasteiger partial charge in [-0.15, -0.1) is 11.3 Å². The van der Waals surface area contributed by atoms with Crippen LogP contribution in [0.1, 0.15) is 50.3 Å². The quantitative estimate of drug-likeness (QED) is 0.538. The van der Waals surface area contributed by atoms with E-state index >= 15 is 0 Å². The van der Waals surface area contributed by atoms with E-state index in [1.807, 2.05) is 18.0 Å². The Kier molecular flexibility index (Phi) is 7.34. The molecule has 124 valence electrons. The molecule has 0 saturated heterocycles. The van der Waals surface area contributed by atoms with Gasteiger partial charge < -0.3 is 4.90 Å². The summed E-state index contributed by atoms with van der Waals surface area (Å²) in [7, 11) is 1.91. The lowest BCUT2D eigenvalue weighted by Crippen LogP contribution is -2.25. The Morgan fingerprint density at radius 3 is 2.48 bits per heavy atom. The lowest BCUT2D eigenvalue weighted by atomic mass is 10.1. The van der Waals surface area contributed by atoms with Gasteiger partial charge in [-0.25, -0.2) is 0 Å². The number of carbonyl (C=O) groups is 1. The molecule has 0 radical (unpaired) electrons. The molecule has 0 spiro atoms. The second-order valence-corrected chi connectivity index (χ2v) is 7.21. The van der Waals surface area contributed by atoms with Crippen LogP contribution in [0.5, 0.6) is 0 Å². The fourth-order valence-corrected chi connectivity index (χ4v) is 3.68. The summed E-state index contributed by atoms with van der Waals surface area (Å²) in [4.78, 5) is 16.6. The summed E-state index contributed by atoms with van der Waals surface area (Å²) in [6.45, 7) is 2.93. The summed E-state index contributed by atoms with van der Waals surface area (Å²) >= 11 is 1.77. The van der Waals surface area contributed by atoms with Gasteiger partial charge in [-0.2, -0.15) is 0 Å². The van der Waals surface area contributed by atoms with Crippen molar-refractivity contribution in [3.8, 4) is 10.4 Å². The van der Waals surface area contributed by atoms with E-state index in [0.717, 1.165) is 6.42 Å². The van der Waals surface area contributed by atoms with E-state index in [2.05, 4.69) is 43.3 Å². The molecule has 0 aliphatic heterocycles. The van der Waals surface area contributed by atoms with Crippen molar-refractivity contribution in [2.24, 2.45) is 0 Å². The highest BCUT2D eigenvalue weighted by Gasteiger charge is 2.10. The van der Waals surface area contributed by atoms with Gasteiger partial charge in [-0.3, -0.25) is 4.79 Å². The predicted octanol–water partition coefficient (Wildman–Crippen LogP) is 5.73. The third-order valence-electron chi connectivity index (χ3n) is 4.03. The van der Waals surface area contributed by atoms with Crippen LogP contribution in [0.4, 0.5) is 0 Å². The first-order valence-corrected chi connectivity index (χ1v) is 9.40. The highest BCUT2D eigenvalue weighted by molar-refractivity contribution is 7.15. The molecule has 1 aromatic heterocycles. The molecule has 2 rings (SSSR count). The molecular formula is C20H27NOS. The van der Waals surface area contributed by atoms with Gasteiger partial charge in [0.15, 0.2) is 0 Å². The van der Waals surface area contributed by atoms with E-state index in [0.29, 0.717) is 13.0 Å². The monoisotopic (exact) mass is 329 g/mol. The molecule has 2 aromatic rings. The van der Waals surface area contributed by atoms with Gasteiger partial charge in [-0.1, -0.05) is 62.9 Å². The molecule has 0 unspecified atom stereocenters. The van der Waals surface area contributed by atoms with Gasteiger partial charge in [-0.05, 0) is 24.1 Å². The van der Waals surface area contributed by atoms with Crippen molar-refractivity contribution in [2.75, 3.05) is 7.05 Å². The maximum absolute atomic E-state index is 12.2. The van der Waals surface area contributed by atoms with Crippen molar-refractivity contribution in [1.82, 2.24) is 4.90 Å². The van der Waals surface area contributed by atoms with Crippen molar-refractivity contribution < 1.29 is 4.79 Å². The van der Waals surface area contributed by atoms with Gasteiger partial charge in [0, 0.05) is 23.2 Å². The lowest BCUT2D eigenvalue weighted by Gasteiger charge is -2.16. The standard InChI is InChI=1S/C20H27NOS/c1-3-4-5-6-10-13-20(22)21(2)16-18-14-15-19(23-18)17-11-8-7-9-12-17/h7-9,11-12,14-15H,3-6,10,13,16H2,1-2H3. The van der Waals surface area contributed by atoms with Crippen molar-refractivity contribution in [2.45, 2.75) is 52.0 Å². The summed E-state index contributed by atoms with van der Waals surface area (Å²) in [5, 5.41) is 0. The molecule has 23 heavy (non-hydrogen) atoms. The third-order valence-corrected chi connectivity index (χ3v) is 5.15. The Labute approximate surface area is 144 Å². The maximum atomic E-state index is 12.2. The van der Waals surface area contributed by atoms with E-state index in [-0.39, 0.29) is 5.91 Å². The number of hydrogen-bond donors (Lipinski definition) is 0. The van der Waals surface area contributed by atoms with Crippen molar-refractivity contribution in [3.05, 3.63) is 47.3 Å². The minimum Gasteiger partial charge on any atom is -0.341 e. The SMILES string of the molecule is CCCCCCCC(=O)N(C)Cc1ccc(-c2ccccc2)s1. The van der Waals surface area contributed by atoms with Gasteiger partial charge >= 0.3 is 0 Å². The maximum Gasteiger partial charge on any atom is 0.222 e. The van der Waals surface area contributed by atoms with E-state index in [1.165, 1.54) is 41.0 Å². The fourth-order valence-electron chi connectivity index (χ4n) is 2.61. The lowest BCUT2D eigenvalue weighted by molar-refractivity contribution is -0.130. The predicted molar refractivity (Wildman–Crippen MR) is 99.6 cm³/mol. The highest BCUT2D eigenvalue weighted by atomic mass is 32.1. The average Bonchev–Trinajstić information content (AvgIpc) is 3.03. The molecule has 2 nitrogen and oxygen atoms in total. The summed E-state index contributed by atoms with van der Waals surface area (Å²) < 4.78 is 0. The summed E-state index contributed by atoms with van der Waals surface area (Å²) in [5.41, 5.74) is 1.24. The van der Waals surface area contributed by atoms with Gasteiger partial charge in [0.1, 0.15) is 0 Å². The fraction of sp³-hybridized carbons (Fsp3) is 0.450. The van der Waals surface area contributed by atoms with Crippen molar-refractivity contribution in [3.63, 3.8) is 0 Å². The minimum atomic E-state index is 0.260. The Morgan fingerprint density at radius 1 is 1.00 bits per heavy atom. The summed E-state index contributed by atoms with van der Waals surface area (Å²) in [6, 6.07) is 14.7. The van der Waals surface area contributed by atoms with Crippen LogP contribution in [0.2, 0.25) is 0 Å². The van der Waals surface area contributed by atoms with Gasteiger partial charge in [0.25, 0.3) is 0 Å². The molecule has 0 aliphatic carbocycles. The molecule has 3 heteroatoms. The first-order chi connectivity index (χ1) is 11.2. The van der Waals surface area contributed by atoms with Crippen molar-refractivity contribution >= 4 is 17.2 Å². The molecule has 0 aliphatic rings. The second-order valence-electron chi connectivity index (χ2n) is 6.05. The van der Waals surface area contributed by atoms with E-state index in [4.69, 9.17) is 0 Å². The van der Waals surface area contributed by atoms with Crippen LogP contribution in [0.15, 0.2) is 42.5 Å². The first kappa shape index (κ1) is 17.7. The normalized spacial score (nSPS) is 10.7. The third kappa shape index (κ3) is 5.83. The number of amides is 1. The number of carbonyl (C=O) groups excluding carboxylic acids is 1. The van der Waals surface area contributed by atoms with E-state index in [1.54, 1.807) is 11.3 Å². The average molecular weight is 330 g/mol. The largest absolute Gasteiger partial charge is 0.341 e. The van der Waals surface area contributed by atoms with Crippen LogP contribution in [0, 0.1) is 0 Å². The number of hydrogen-bond acceptors (Lipinski definition) is 2. The van der Waals surface area contributed by atoms with Crippen LogP contribution in [-0.2, 0) is 11.3 Å². The van der Waals surface area contributed by atoms with Crippen LogP contribution in [0.3, 0.4) is 0 Å². The van der Waals surface area contributed by atoms with Crippen LogP contribution < -0.4 is 0 Å². The molecule has 1 aromatic carbocycles. The Balaban J connectivity index is 1.80. The molecule has 1 amide bonds. The highest BCUT2D eigenvalue weighted by Crippen LogP contribution is 2.28. The molecular weight excluding hydrogens is 302 g/mol. The van der Waals surface area contributed by atoms with Gasteiger partial charge in [0.2, 0.25) is 5.91 Å². The molecule has 0 fully saturated rings. The molecule has 0 atom stereocenters. The Hall–Kier alpha value is -1.61. The van der Waals surface area contributed by atoms with Gasteiger partial charge in [0.05, 0.1) is 6.54 Å². The number of rotatable bonds is 9. The first-order valence-electron chi connectivity index (χ1n) is 8.59. The minimum absolute atomic E-state index is 0.260. The number of nitrogens with zero attached hydrogens (tertiary/aromatic N) is 1. The molecule has 0 saturated carbocycles. The van der Waals surface area contributed by atoms with Crippen molar-refractivity contribution in [1.29, 1.82) is 0 Å².